The highest BCUT2D eigenvalue weighted by molar-refractivity contribution is 5.94. The average molecular weight is 213 g/mol. The molecule has 0 aliphatic carbocycles. The van der Waals surface area contributed by atoms with Crippen molar-refractivity contribution in [3.05, 3.63) is 12.2 Å². The van der Waals surface area contributed by atoms with E-state index < -0.39 is 5.97 Å². The number of rotatable bonds is 3. The SMILES string of the molecule is CC1(NC(=O)/C=C/C(=O)O)CCOCC1. The third-order valence-electron chi connectivity index (χ3n) is 2.40. The van der Waals surface area contributed by atoms with Crippen molar-refractivity contribution >= 4 is 11.9 Å². The van der Waals surface area contributed by atoms with Crippen LogP contribution in [0.25, 0.3) is 0 Å². The predicted molar refractivity (Wildman–Crippen MR) is 53.4 cm³/mol. The summed E-state index contributed by atoms with van der Waals surface area (Å²) in [6.07, 6.45) is 3.36. The van der Waals surface area contributed by atoms with Gasteiger partial charge in [-0.3, -0.25) is 4.79 Å². The fourth-order valence-corrected chi connectivity index (χ4v) is 1.43. The predicted octanol–water partition coefficient (Wildman–Crippen LogP) is 0.312. The number of carboxylic acid groups (broad SMARTS) is 1. The van der Waals surface area contributed by atoms with Gasteiger partial charge in [0, 0.05) is 30.9 Å². The Balaban J connectivity index is 2.45. The van der Waals surface area contributed by atoms with E-state index in [0.717, 1.165) is 25.0 Å². The van der Waals surface area contributed by atoms with Crippen molar-refractivity contribution in [1.29, 1.82) is 0 Å². The van der Waals surface area contributed by atoms with Crippen LogP contribution in [-0.2, 0) is 14.3 Å². The molecule has 0 aromatic rings. The average Bonchev–Trinajstić information content (AvgIpc) is 2.15. The van der Waals surface area contributed by atoms with Crippen LogP contribution in [0.15, 0.2) is 12.2 Å². The molecule has 1 amide bonds. The van der Waals surface area contributed by atoms with Crippen molar-refractivity contribution < 1.29 is 19.4 Å². The quantitative estimate of drug-likeness (QED) is 0.662. The molecule has 0 unspecified atom stereocenters. The van der Waals surface area contributed by atoms with Gasteiger partial charge in [0.2, 0.25) is 5.91 Å². The van der Waals surface area contributed by atoms with E-state index >= 15 is 0 Å². The van der Waals surface area contributed by atoms with Gasteiger partial charge in [0.15, 0.2) is 0 Å². The van der Waals surface area contributed by atoms with Gasteiger partial charge in [0.25, 0.3) is 0 Å². The first-order chi connectivity index (χ1) is 7.02. The molecule has 1 aliphatic heterocycles. The number of aliphatic carboxylic acids is 1. The Labute approximate surface area is 88.1 Å². The van der Waals surface area contributed by atoms with Gasteiger partial charge in [-0.05, 0) is 19.8 Å². The zero-order valence-electron chi connectivity index (χ0n) is 8.66. The summed E-state index contributed by atoms with van der Waals surface area (Å²) in [6.45, 7) is 3.18. The molecule has 5 heteroatoms. The van der Waals surface area contributed by atoms with E-state index in [4.69, 9.17) is 9.84 Å². The maximum absolute atomic E-state index is 11.3. The molecule has 0 spiro atoms. The highest BCUT2D eigenvalue weighted by Gasteiger charge is 2.28. The molecular weight excluding hydrogens is 198 g/mol. The maximum Gasteiger partial charge on any atom is 0.328 e. The van der Waals surface area contributed by atoms with E-state index in [2.05, 4.69) is 5.32 Å². The highest BCUT2D eigenvalue weighted by Crippen LogP contribution is 2.19. The molecule has 1 aliphatic rings. The lowest BCUT2D eigenvalue weighted by molar-refractivity contribution is -0.131. The molecule has 0 radical (unpaired) electrons. The lowest BCUT2D eigenvalue weighted by Gasteiger charge is -2.33. The summed E-state index contributed by atoms with van der Waals surface area (Å²) in [5, 5.41) is 11.1. The van der Waals surface area contributed by atoms with Crippen LogP contribution in [0.1, 0.15) is 19.8 Å². The molecule has 1 saturated heterocycles. The number of ether oxygens (including phenoxy) is 1. The van der Waals surface area contributed by atoms with E-state index in [1.165, 1.54) is 0 Å². The number of hydrogen-bond acceptors (Lipinski definition) is 3. The zero-order chi connectivity index (χ0) is 11.3. The lowest BCUT2D eigenvalue weighted by Crippen LogP contribution is -2.49. The van der Waals surface area contributed by atoms with E-state index in [1.807, 2.05) is 6.92 Å². The summed E-state index contributed by atoms with van der Waals surface area (Å²) in [6, 6.07) is 0. The lowest BCUT2D eigenvalue weighted by atomic mass is 9.92. The Kier molecular flexibility index (Phi) is 3.85. The highest BCUT2D eigenvalue weighted by atomic mass is 16.5. The maximum atomic E-state index is 11.3. The Morgan fingerprint density at radius 3 is 2.47 bits per heavy atom. The van der Waals surface area contributed by atoms with Gasteiger partial charge >= 0.3 is 5.97 Å². The summed E-state index contributed by atoms with van der Waals surface area (Å²) in [4.78, 5) is 21.5. The molecule has 0 aromatic heterocycles. The molecule has 2 N–H and O–H groups in total. The molecule has 0 saturated carbocycles. The zero-order valence-corrected chi connectivity index (χ0v) is 8.66. The van der Waals surface area contributed by atoms with Gasteiger partial charge in [-0.2, -0.15) is 0 Å². The summed E-state index contributed by atoms with van der Waals surface area (Å²) >= 11 is 0. The molecule has 1 fully saturated rings. The van der Waals surface area contributed by atoms with Crippen LogP contribution in [0.2, 0.25) is 0 Å². The van der Waals surface area contributed by atoms with Crippen molar-refractivity contribution in [3.8, 4) is 0 Å². The van der Waals surface area contributed by atoms with Gasteiger partial charge in [-0.25, -0.2) is 4.79 Å². The minimum absolute atomic E-state index is 0.280. The minimum atomic E-state index is -1.12. The standard InChI is InChI=1S/C10H15NO4/c1-10(4-6-15-7-5-10)11-8(12)2-3-9(13)14/h2-3H,4-7H2,1H3,(H,11,12)(H,13,14)/b3-2+. The Morgan fingerprint density at radius 2 is 1.93 bits per heavy atom. The third kappa shape index (κ3) is 4.12. The molecular formula is C10H15NO4. The van der Waals surface area contributed by atoms with E-state index in [1.54, 1.807) is 0 Å². The molecule has 0 bridgehead atoms. The van der Waals surface area contributed by atoms with Crippen LogP contribution >= 0.6 is 0 Å². The van der Waals surface area contributed by atoms with Crippen LogP contribution in [0.5, 0.6) is 0 Å². The van der Waals surface area contributed by atoms with Crippen molar-refractivity contribution in [2.24, 2.45) is 0 Å². The second-order valence-corrected chi connectivity index (χ2v) is 3.83. The van der Waals surface area contributed by atoms with Crippen LogP contribution < -0.4 is 5.32 Å². The second-order valence-electron chi connectivity index (χ2n) is 3.83. The van der Waals surface area contributed by atoms with Crippen molar-refractivity contribution in [2.45, 2.75) is 25.3 Å². The fourth-order valence-electron chi connectivity index (χ4n) is 1.43. The van der Waals surface area contributed by atoms with Crippen molar-refractivity contribution in [1.82, 2.24) is 5.32 Å². The second kappa shape index (κ2) is 4.93. The third-order valence-corrected chi connectivity index (χ3v) is 2.40. The van der Waals surface area contributed by atoms with Crippen LogP contribution in [0.4, 0.5) is 0 Å². The summed E-state index contributed by atoms with van der Waals surface area (Å²) in [5.74, 6) is -1.50. The monoisotopic (exact) mass is 213 g/mol. The largest absolute Gasteiger partial charge is 0.478 e. The van der Waals surface area contributed by atoms with Crippen LogP contribution in [0, 0.1) is 0 Å². The summed E-state index contributed by atoms with van der Waals surface area (Å²) in [7, 11) is 0. The van der Waals surface area contributed by atoms with Gasteiger partial charge in [-0.1, -0.05) is 0 Å². The molecule has 0 aromatic carbocycles. The van der Waals surface area contributed by atoms with E-state index in [9.17, 15) is 9.59 Å². The molecule has 1 rings (SSSR count). The van der Waals surface area contributed by atoms with E-state index in [-0.39, 0.29) is 11.4 Å². The van der Waals surface area contributed by atoms with Gasteiger partial charge in [-0.15, -0.1) is 0 Å². The summed E-state index contributed by atoms with van der Waals surface area (Å²) < 4.78 is 5.18. The fraction of sp³-hybridized carbons (Fsp3) is 0.600. The number of nitrogens with one attached hydrogen (secondary N) is 1. The number of carbonyl (C=O) groups excluding carboxylic acids is 1. The number of carboxylic acids is 1. The Bertz CT molecular complexity index is 279. The van der Waals surface area contributed by atoms with Gasteiger partial charge < -0.3 is 15.2 Å². The van der Waals surface area contributed by atoms with Crippen molar-refractivity contribution in [2.75, 3.05) is 13.2 Å². The normalized spacial score (nSPS) is 20.1. The number of carbonyl (C=O) groups is 2. The van der Waals surface area contributed by atoms with Crippen LogP contribution in [0.3, 0.4) is 0 Å². The first-order valence-corrected chi connectivity index (χ1v) is 4.83. The molecule has 0 atom stereocenters. The minimum Gasteiger partial charge on any atom is -0.478 e. The van der Waals surface area contributed by atoms with Gasteiger partial charge in [0.1, 0.15) is 0 Å². The topological polar surface area (TPSA) is 75.6 Å². The van der Waals surface area contributed by atoms with Gasteiger partial charge in [0.05, 0.1) is 0 Å². The smallest absolute Gasteiger partial charge is 0.328 e. The molecule has 84 valence electrons. The summed E-state index contributed by atoms with van der Waals surface area (Å²) in [5.41, 5.74) is -0.280. The Hall–Kier alpha value is -1.36. The number of hydrogen-bond donors (Lipinski definition) is 2. The first kappa shape index (κ1) is 11.7. The first-order valence-electron chi connectivity index (χ1n) is 4.83. The van der Waals surface area contributed by atoms with Crippen molar-refractivity contribution in [3.63, 3.8) is 0 Å². The number of amides is 1. The van der Waals surface area contributed by atoms with E-state index in [0.29, 0.717) is 13.2 Å². The Morgan fingerprint density at radius 1 is 1.33 bits per heavy atom. The van der Waals surface area contributed by atoms with Crippen LogP contribution in [-0.4, -0.2) is 35.7 Å². The molecule has 15 heavy (non-hydrogen) atoms. The molecule has 1 heterocycles. The molecule has 5 nitrogen and oxygen atoms in total.